The number of nitrogens with zero attached hydrogens (tertiary/aromatic N) is 2. The fourth-order valence-corrected chi connectivity index (χ4v) is 1.50. The molecule has 2 heterocycles. The molecule has 14 heavy (non-hydrogen) atoms. The van der Waals surface area contributed by atoms with Gasteiger partial charge in [0.1, 0.15) is 0 Å². The van der Waals surface area contributed by atoms with Crippen molar-refractivity contribution in [2.75, 3.05) is 0 Å². The molecule has 3 aromatic rings. The van der Waals surface area contributed by atoms with Gasteiger partial charge in [-0.05, 0) is 12.1 Å². The van der Waals surface area contributed by atoms with E-state index in [4.69, 9.17) is 0 Å². The van der Waals surface area contributed by atoms with Gasteiger partial charge in [0.25, 0.3) is 0 Å². The van der Waals surface area contributed by atoms with Gasteiger partial charge in [-0.25, -0.2) is 4.79 Å². The van der Waals surface area contributed by atoms with Gasteiger partial charge in [-0.3, -0.25) is 0 Å². The molecule has 0 spiro atoms. The highest BCUT2D eigenvalue weighted by molar-refractivity contribution is 5.93. The molecule has 0 fully saturated rings. The Morgan fingerprint density at radius 2 is 2.14 bits per heavy atom. The van der Waals surface area contributed by atoms with Gasteiger partial charge in [-0.15, -0.1) is 0 Å². The Balaban J connectivity index is 2.56. The number of aromatic amines is 2. The molecule has 0 saturated heterocycles. The monoisotopic (exact) mass is 186 g/mol. The third-order valence-corrected chi connectivity index (χ3v) is 2.17. The first-order valence-electron chi connectivity index (χ1n) is 4.16. The first kappa shape index (κ1) is 7.25. The molecule has 0 saturated carbocycles. The number of nitrogens with one attached hydrogen (secondary N) is 2. The second-order valence-electron chi connectivity index (χ2n) is 3.09. The van der Waals surface area contributed by atoms with E-state index in [1.165, 1.54) is 0 Å². The summed E-state index contributed by atoms with van der Waals surface area (Å²) in [6.07, 6.45) is 3.36. The van der Waals surface area contributed by atoms with Crippen molar-refractivity contribution >= 4 is 21.8 Å². The number of hydrogen-bond acceptors (Lipinski definition) is 3. The summed E-state index contributed by atoms with van der Waals surface area (Å²) in [5.74, 6) is 0. The van der Waals surface area contributed by atoms with Gasteiger partial charge in [0.15, 0.2) is 0 Å². The Bertz CT molecular complexity index is 667. The van der Waals surface area contributed by atoms with Gasteiger partial charge in [-0.2, -0.15) is 10.2 Å². The van der Waals surface area contributed by atoms with Crippen molar-refractivity contribution in [1.82, 2.24) is 20.2 Å². The van der Waals surface area contributed by atoms with Crippen LogP contribution in [0.3, 0.4) is 0 Å². The fraction of sp³-hybridized carbons (Fsp3) is 0. The van der Waals surface area contributed by atoms with Gasteiger partial charge < -0.3 is 9.97 Å². The van der Waals surface area contributed by atoms with Gasteiger partial charge in [0.05, 0.1) is 17.2 Å². The van der Waals surface area contributed by atoms with Gasteiger partial charge in [0.2, 0.25) is 0 Å². The minimum Gasteiger partial charge on any atom is -0.314 e. The van der Waals surface area contributed by atoms with Crippen LogP contribution < -0.4 is 5.69 Å². The zero-order valence-electron chi connectivity index (χ0n) is 7.11. The quantitative estimate of drug-likeness (QED) is 0.545. The number of aromatic nitrogens is 4. The van der Waals surface area contributed by atoms with Crippen molar-refractivity contribution in [2.45, 2.75) is 0 Å². The number of rotatable bonds is 0. The van der Waals surface area contributed by atoms with E-state index < -0.39 is 0 Å². The molecule has 0 amide bonds. The van der Waals surface area contributed by atoms with Crippen molar-refractivity contribution in [2.24, 2.45) is 0 Å². The highest BCUT2D eigenvalue weighted by Gasteiger charge is 2.00. The van der Waals surface area contributed by atoms with Crippen molar-refractivity contribution < 1.29 is 0 Å². The molecule has 0 aliphatic rings. The van der Waals surface area contributed by atoms with E-state index in [2.05, 4.69) is 20.2 Å². The Labute approximate surface area is 77.8 Å². The van der Waals surface area contributed by atoms with E-state index >= 15 is 0 Å². The maximum Gasteiger partial charge on any atom is 0.323 e. The summed E-state index contributed by atoms with van der Waals surface area (Å²) in [6, 6.07) is 3.74. The SMILES string of the molecule is O=c1[nH]cc2cc3cnnc3cc2[nH]1. The number of benzene rings is 1. The topological polar surface area (TPSA) is 74.4 Å². The molecular formula is C9H6N4O. The van der Waals surface area contributed by atoms with Crippen LogP contribution in [0.5, 0.6) is 0 Å². The normalized spacial score (nSPS) is 11.1. The standard InChI is InChI=1S/C9H6N4O/c14-9-10-3-5-1-6-4-11-13-8(6)2-7(5)12-9/h1-4H,(H2,10,12,14). The molecule has 5 heteroatoms. The molecule has 0 aliphatic carbocycles. The first-order chi connectivity index (χ1) is 6.83. The number of fused-ring (bicyclic) bond motifs is 2. The zero-order chi connectivity index (χ0) is 9.54. The molecule has 3 rings (SSSR count). The lowest BCUT2D eigenvalue weighted by molar-refractivity contribution is 1.11. The van der Waals surface area contributed by atoms with Crippen molar-refractivity contribution in [1.29, 1.82) is 0 Å². The van der Waals surface area contributed by atoms with E-state index in [1.807, 2.05) is 12.1 Å². The summed E-state index contributed by atoms with van der Waals surface area (Å²) in [5.41, 5.74) is 1.33. The van der Waals surface area contributed by atoms with Crippen LogP contribution in [-0.2, 0) is 0 Å². The van der Waals surface area contributed by atoms with Crippen LogP contribution in [0.25, 0.3) is 21.8 Å². The van der Waals surface area contributed by atoms with Crippen LogP contribution in [0.15, 0.2) is 29.3 Å². The van der Waals surface area contributed by atoms with Gasteiger partial charge >= 0.3 is 5.69 Å². The molecule has 2 aromatic heterocycles. The summed E-state index contributed by atoms with van der Waals surface area (Å²) in [5, 5.41) is 9.62. The summed E-state index contributed by atoms with van der Waals surface area (Å²) < 4.78 is 0. The smallest absolute Gasteiger partial charge is 0.314 e. The molecule has 0 aliphatic heterocycles. The fourth-order valence-electron chi connectivity index (χ4n) is 1.50. The predicted molar refractivity (Wildman–Crippen MR) is 52.0 cm³/mol. The predicted octanol–water partition coefficient (Wildman–Crippen LogP) is 0.799. The largest absolute Gasteiger partial charge is 0.323 e. The van der Waals surface area contributed by atoms with Gasteiger partial charge in [-0.1, -0.05) is 0 Å². The minimum absolute atomic E-state index is 0.226. The highest BCUT2D eigenvalue weighted by Crippen LogP contribution is 2.17. The molecule has 0 atom stereocenters. The average Bonchev–Trinajstić information content (AvgIpc) is 2.61. The summed E-state index contributed by atoms with van der Waals surface area (Å²) in [6.45, 7) is 0. The second-order valence-corrected chi connectivity index (χ2v) is 3.09. The number of H-pyrrole nitrogens is 2. The molecule has 68 valence electrons. The molecule has 5 nitrogen and oxygen atoms in total. The molecular weight excluding hydrogens is 180 g/mol. The maximum absolute atomic E-state index is 11.0. The molecule has 2 N–H and O–H groups in total. The first-order valence-corrected chi connectivity index (χ1v) is 4.16. The van der Waals surface area contributed by atoms with Crippen LogP contribution in [0, 0.1) is 0 Å². The van der Waals surface area contributed by atoms with Crippen LogP contribution in [0.1, 0.15) is 0 Å². The van der Waals surface area contributed by atoms with E-state index in [9.17, 15) is 4.79 Å². The molecule has 1 aromatic carbocycles. The zero-order valence-corrected chi connectivity index (χ0v) is 7.11. The average molecular weight is 186 g/mol. The van der Waals surface area contributed by atoms with E-state index in [-0.39, 0.29) is 5.69 Å². The van der Waals surface area contributed by atoms with Crippen molar-refractivity contribution in [3.63, 3.8) is 0 Å². The van der Waals surface area contributed by atoms with E-state index in [0.717, 1.165) is 21.8 Å². The highest BCUT2D eigenvalue weighted by atomic mass is 16.1. The second kappa shape index (κ2) is 2.41. The lowest BCUT2D eigenvalue weighted by atomic mass is 10.2. The number of hydrogen-bond donors (Lipinski definition) is 2. The molecule has 0 unspecified atom stereocenters. The summed E-state index contributed by atoms with van der Waals surface area (Å²) in [4.78, 5) is 16.3. The Kier molecular flexibility index (Phi) is 1.25. The Morgan fingerprint density at radius 3 is 3.07 bits per heavy atom. The van der Waals surface area contributed by atoms with Crippen LogP contribution in [0.2, 0.25) is 0 Å². The third kappa shape index (κ3) is 0.922. The molecule has 0 bridgehead atoms. The molecule has 0 radical (unpaired) electrons. The summed E-state index contributed by atoms with van der Waals surface area (Å²) in [7, 11) is 0. The Hall–Kier alpha value is -2.17. The van der Waals surface area contributed by atoms with Gasteiger partial charge in [0, 0.05) is 17.0 Å². The van der Waals surface area contributed by atoms with E-state index in [0.29, 0.717) is 0 Å². The third-order valence-electron chi connectivity index (χ3n) is 2.17. The maximum atomic E-state index is 11.0. The van der Waals surface area contributed by atoms with E-state index in [1.54, 1.807) is 12.4 Å². The lowest BCUT2D eigenvalue weighted by Crippen LogP contribution is -2.08. The minimum atomic E-state index is -0.226. The van der Waals surface area contributed by atoms with Crippen LogP contribution in [0.4, 0.5) is 0 Å². The van der Waals surface area contributed by atoms with Crippen molar-refractivity contribution in [3.05, 3.63) is 35.0 Å². The summed E-state index contributed by atoms with van der Waals surface area (Å²) >= 11 is 0. The van der Waals surface area contributed by atoms with Crippen molar-refractivity contribution in [3.8, 4) is 0 Å². The Morgan fingerprint density at radius 1 is 1.21 bits per heavy atom. The van der Waals surface area contributed by atoms with Crippen LogP contribution in [-0.4, -0.2) is 20.2 Å². The lowest BCUT2D eigenvalue weighted by Gasteiger charge is -1.95. The van der Waals surface area contributed by atoms with Crippen LogP contribution >= 0.6 is 0 Å².